The molecule has 1 fully saturated rings. The highest BCUT2D eigenvalue weighted by Crippen LogP contribution is 2.24. The fourth-order valence-corrected chi connectivity index (χ4v) is 2.16. The Morgan fingerprint density at radius 2 is 1.35 bits per heavy atom. The molecule has 4 atom stereocenters. The van der Waals surface area contributed by atoms with Gasteiger partial charge in [0, 0.05) is 27.7 Å². The number of esters is 4. The van der Waals surface area contributed by atoms with Gasteiger partial charge in [0.15, 0.2) is 18.3 Å². The summed E-state index contributed by atoms with van der Waals surface area (Å²) >= 11 is 0. The molecule has 0 bridgehead atoms. The van der Waals surface area contributed by atoms with E-state index < -0.39 is 48.3 Å². The van der Waals surface area contributed by atoms with Crippen molar-refractivity contribution in [2.45, 2.75) is 52.1 Å². The number of carbonyl (C=O) groups excluding carboxylic acids is 4. The first-order chi connectivity index (χ1) is 10.7. The van der Waals surface area contributed by atoms with Crippen molar-refractivity contribution < 1.29 is 42.9 Å². The summed E-state index contributed by atoms with van der Waals surface area (Å²) in [4.78, 5) is 44.8. The molecule has 2 unspecified atom stereocenters. The highest BCUT2D eigenvalue weighted by molar-refractivity contribution is 5.68. The van der Waals surface area contributed by atoms with Gasteiger partial charge in [0.1, 0.15) is 12.7 Å². The third-order valence-corrected chi connectivity index (χ3v) is 2.90. The predicted molar refractivity (Wildman–Crippen MR) is 73.0 cm³/mol. The van der Waals surface area contributed by atoms with Crippen molar-refractivity contribution >= 4 is 23.9 Å². The molecule has 0 aromatic rings. The lowest BCUT2D eigenvalue weighted by Crippen LogP contribution is -2.58. The summed E-state index contributed by atoms with van der Waals surface area (Å²) in [5, 5.41) is 0. The standard InChI is InChI=1S/C14H20O9/c1-7(15)19-5-11-13(22-9(3)17)14(23-10(4)18)12(6-20-11)21-8(2)16/h11-14H,5-6H2,1-4H3/t11?,12-,13+,14?/m1/s1. The van der Waals surface area contributed by atoms with Crippen LogP contribution < -0.4 is 0 Å². The van der Waals surface area contributed by atoms with E-state index in [1.807, 2.05) is 0 Å². The molecule has 0 saturated carbocycles. The van der Waals surface area contributed by atoms with Gasteiger partial charge in [-0.25, -0.2) is 0 Å². The zero-order chi connectivity index (χ0) is 17.6. The van der Waals surface area contributed by atoms with Crippen LogP contribution in [0.5, 0.6) is 0 Å². The summed E-state index contributed by atoms with van der Waals surface area (Å²) < 4.78 is 25.6. The van der Waals surface area contributed by atoms with Crippen LogP contribution in [-0.2, 0) is 42.9 Å². The molecule has 1 rings (SSSR count). The molecule has 0 N–H and O–H groups in total. The highest BCUT2D eigenvalue weighted by Gasteiger charge is 2.47. The highest BCUT2D eigenvalue weighted by atomic mass is 16.7. The molecule has 23 heavy (non-hydrogen) atoms. The lowest BCUT2D eigenvalue weighted by molar-refractivity contribution is -0.231. The van der Waals surface area contributed by atoms with Gasteiger partial charge in [0.25, 0.3) is 0 Å². The summed E-state index contributed by atoms with van der Waals surface area (Å²) in [5.41, 5.74) is 0. The Labute approximate surface area is 133 Å². The number of ether oxygens (including phenoxy) is 5. The molecule has 0 radical (unpaired) electrons. The number of carbonyl (C=O) groups is 4. The van der Waals surface area contributed by atoms with Crippen molar-refractivity contribution in [1.82, 2.24) is 0 Å². The smallest absolute Gasteiger partial charge is 0.303 e. The molecule has 130 valence electrons. The summed E-state index contributed by atoms with van der Waals surface area (Å²) in [6.45, 7) is 4.46. The first-order valence-corrected chi connectivity index (χ1v) is 6.97. The van der Waals surface area contributed by atoms with E-state index in [1.54, 1.807) is 0 Å². The molecule has 1 heterocycles. The van der Waals surface area contributed by atoms with Gasteiger partial charge in [0.05, 0.1) is 6.61 Å². The minimum absolute atomic E-state index is 0.0960. The van der Waals surface area contributed by atoms with Crippen LogP contribution in [0.15, 0.2) is 0 Å². The number of rotatable bonds is 5. The van der Waals surface area contributed by atoms with Gasteiger partial charge in [-0.05, 0) is 0 Å². The zero-order valence-corrected chi connectivity index (χ0v) is 13.4. The summed E-state index contributed by atoms with van der Waals surface area (Å²) in [5.74, 6) is -2.43. The van der Waals surface area contributed by atoms with Gasteiger partial charge < -0.3 is 23.7 Å². The third-order valence-electron chi connectivity index (χ3n) is 2.90. The molecule has 1 aliphatic heterocycles. The van der Waals surface area contributed by atoms with Crippen molar-refractivity contribution in [1.29, 1.82) is 0 Å². The van der Waals surface area contributed by atoms with Crippen LogP contribution in [0, 0.1) is 0 Å². The molecule has 0 aliphatic carbocycles. The van der Waals surface area contributed by atoms with E-state index in [0.29, 0.717) is 0 Å². The van der Waals surface area contributed by atoms with E-state index in [9.17, 15) is 19.2 Å². The summed E-state index contributed by atoms with van der Waals surface area (Å²) in [6, 6.07) is 0. The quantitative estimate of drug-likeness (QED) is 0.496. The van der Waals surface area contributed by atoms with Gasteiger partial charge in [0.2, 0.25) is 0 Å². The van der Waals surface area contributed by atoms with E-state index in [0.717, 1.165) is 0 Å². The molecule has 0 aromatic carbocycles. The molecule has 0 spiro atoms. The van der Waals surface area contributed by atoms with Crippen LogP contribution in [-0.4, -0.2) is 61.5 Å². The first kappa shape index (κ1) is 18.9. The monoisotopic (exact) mass is 332 g/mol. The Hall–Kier alpha value is -2.16. The maximum atomic E-state index is 11.3. The predicted octanol–water partition coefficient (Wildman–Crippen LogP) is -0.257. The Morgan fingerprint density at radius 1 is 0.826 bits per heavy atom. The zero-order valence-electron chi connectivity index (χ0n) is 13.4. The van der Waals surface area contributed by atoms with Crippen LogP contribution >= 0.6 is 0 Å². The Bertz CT molecular complexity index is 473. The lowest BCUT2D eigenvalue weighted by atomic mass is 9.99. The average molecular weight is 332 g/mol. The number of hydrogen-bond donors (Lipinski definition) is 0. The molecule has 9 heteroatoms. The van der Waals surface area contributed by atoms with E-state index >= 15 is 0 Å². The minimum atomic E-state index is -1.08. The molecular weight excluding hydrogens is 312 g/mol. The maximum absolute atomic E-state index is 11.3. The topological polar surface area (TPSA) is 114 Å². The second-order valence-electron chi connectivity index (χ2n) is 4.97. The lowest BCUT2D eigenvalue weighted by Gasteiger charge is -2.40. The van der Waals surface area contributed by atoms with Crippen LogP contribution in [0.1, 0.15) is 27.7 Å². The van der Waals surface area contributed by atoms with Crippen molar-refractivity contribution in [3.8, 4) is 0 Å². The van der Waals surface area contributed by atoms with Gasteiger partial charge >= 0.3 is 23.9 Å². The van der Waals surface area contributed by atoms with Gasteiger partial charge in [-0.1, -0.05) is 0 Å². The van der Waals surface area contributed by atoms with Crippen LogP contribution in [0.25, 0.3) is 0 Å². The Balaban J connectivity index is 2.98. The van der Waals surface area contributed by atoms with E-state index in [1.165, 1.54) is 27.7 Å². The Morgan fingerprint density at radius 3 is 1.83 bits per heavy atom. The fraction of sp³-hybridized carbons (Fsp3) is 0.714. The Kier molecular flexibility index (Phi) is 6.95. The van der Waals surface area contributed by atoms with E-state index in [-0.39, 0.29) is 13.2 Å². The molecular formula is C14H20O9. The van der Waals surface area contributed by atoms with Crippen LogP contribution in [0.4, 0.5) is 0 Å². The van der Waals surface area contributed by atoms with Gasteiger partial charge in [-0.3, -0.25) is 19.2 Å². The van der Waals surface area contributed by atoms with Crippen LogP contribution in [0.2, 0.25) is 0 Å². The first-order valence-electron chi connectivity index (χ1n) is 6.97. The normalized spacial score (nSPS) is 26.8. The van der Waals surface area contributed by atoms with Crippen molar-refractivity contribution in [3.63, 3.8) is 0 Å². The van der Waals surface area contributed by atoms with Crippen molar-refractivity contribution in [2.24, 2.45) is 0 Å². The van der Waals surface area contributed by atoms with Crippen molar-refractivity contribution in [3.05, 3.63) is 0 Å². The molecule has 1 aliphatic rings. The summed E-state index contributed by atoms with van der Waals surface area (Å²) in [7, 11) is 0. The minimum Gasteiger partial charge on any atom is -0.463 e. The second-order valence-corrected chi connectivity index (χ2v) is 4.97. The summed E-state index contributed by atoms with van der Waals surface area (Å²) in [6.07, 6.45) is -3.92. The third kappa shape index (κ3) is 6.23. The number of hydrogen-bond acceptors (Lipinski definition) is 9. The maximum Gasteiger partial charge on any atom is 0.303 e. The average Bonchev–Trinajstić information content (AvgIpc) is 2.39. The van der Waals surface area contributed by atoms with E-state index in [2.05, 4.69) is 0 Å². The SMILES string of the molecule is CC(=O)OCC1OC[C@@H](OC(C)=O)C(OC(C)=O)[C@H]1OC(C)=O. The van der Waals surface area contributed by atoms with Gasteiger partial charge in [-0.15, -0.1) is 0 Å². The fourth-order valence-electron chi connectivity index (χ4n) is 2.16. The van der Waals surface area contributed by atoms with E-state index in [4.69, 9.17) is 23.7 Å². The molecule has 9 nitrogen and oxygen atoms in total. The molecule has 1 saturated heterocycles. The van der Waals surface area contributed by atoms with Gasteiger partial charge in [-0.2, -0.15) is 0 Å². The largest absolute Gasteiger partial charge is 0.463 e. The molecule has 0 aromatic heterocycles. The van der Waals surface area contributed by atoms with Crippen LogP contribution in [0.3, 0.4) is 0 Å². The molecule has 0 amide bonds. The second kappa shape index (κ2) is 8.47. The van der Waals surface area contributed by atoms with Crippen molar-refractivity contribution in [2.75, 3.05) is 13.2 Å².